The molecule has 0 aliphatic rings. The summed E-state index contributed by atoms with van der Waals surface area (Å²) in [5.74, 6) is -0.292. The predicted molar refractivity (Wildman–Crippen MR) is 115 cm³/mol. The molecule has 0 radical (unpaired) electrons. The van der Waals surface area contributed by atoms with Gasteiger partial charge in [0.1, 0.15) is 0 Å². The van der Waals surface area contributed by atoms with Gasteiger partial charge in [-0.15, -0.1) is 11.3 Å². The van der Waals surface area contributed by atoms with Crippen molar-refractivity contribution in [2.45, 2.75) is 32.5 Å². The lowest BCUT2D eigenvalue weighted by molar-refractivity contribution is -0.137. The molecule has 0 fully saturated rings. The molecular formula is C22H20F3N3O2S. The molecular weight excluding hydrogens is 427 g/mol. The van der Waals surface area contributed by atoms with E-state index >= 15 is 0 Å². The van der Waals surface area contributed by atoms with E-state index in [1.165, 1.54) is 23.5 Å². The van der Waals surface area contributed by atoms with Gasteiger partial charge in [0.05, 0.1) is 33.4 Å². The van der Waals surface area contributed by atoms with E-state index in [1.807, 2.05) is 13.8 Å². The maximum Gasteiger partial charge on any atom is 0.416 e. The lowest BCUT2D eigenvalue weighted by Crippen LogP contribution is -2.36. The predicted octanol–water partition coefficient (Wildman–Crippen LogP) is 5.07. The van der Waals surface area contributed by atoms with Crippen molar-refractivity contribution in [1.29, 1.82) is 0 Å². The van der Waals surface area contributed by atoms with Gasteiger partial charge in [0.25, 0.3) is 5.91 Å². The number of carbonyl (C=O) groups is 1. The minimum Gasteiger partial charge on any atom is -0.394 e. The van der Waals surface area contributed by atoms with E-state index in [4.69, 9.17) is 0 Å². The molecule has 2 N–H and O–H groups in total. The summed E-state index contributed by atoms with van der Waals surface area (Å²) in [5.41, 5.74) is 1.67. The fraction of sp³-hybridized carbons (Fsp3) is 0.273. The zero-order chi connectivity index (χ0) is 22.3. The number of benzene rings is 2. The van der Waals surface area contributed by atoms with E-state index < -0.39 is 11.7 Å². The highest BCUT2D eigenvalue weighted by atomic mass is 32.1. The highest BCUT2D eigenvalue weighted by molar-refractivity contribution is 7.19. The minimum atomic E-state index is -4.41. The highest BCUT2D eigenvalue weighted by Crippen LogP contribution is 2.37. The smallest absolute Gasteiger partial charge is 0.394 e. The number of aliphatic hydroxyl groups is 1. The molecule has 5 nitrogen and oxygen atoms in total. The number of fused-ring (bicyclic) bond motifs is 3. The molecule has 2 heterocycles. The van der Waals surface area contributed by atoms with Crippen LogP contribution in [-0.2, 0) is 6.18 Å². The van der Waals surface area contributed by atoms with Gasteiger partial charge >= 0.3 is 6.18 Å². The summed E-state index contributed by atoms with van der Waals surface area (Å²) in [6, 6.07) is 9.81. The molecule has 0 aliphatic carbocycles. The van der Waals surface area contributed by atoms with Crippen molar-refractivity contribution in [3.05, 3.63) is 58.6 Å². The van der Waals surface area contributed by atoms with Crippen LogP contribution in [0.3, 0.4) is 0 Å². The second kappa shape index (κ2) is 7.97. The normalized spacial score (nSPS) is 13.1. The van der Waals surface area contributed by atoms with Gasteiger partial charge in [-0.3, -0.25) is 9.36 Å². The number of aryl methyl sites for hydroxylation is 1. The molecule has 0 unspecified atom stereocenters. The van der Waals surface area contributed by atoms with Gasteiger partial charge in [-0.2, -0.15) is 13.2 Å². The Morgan fingerprint density at radius 2 is 1.94 bits per heavy atom. The third-order valence-electron chi connectivity index (χ3n) is 5.17. The number of thiazole rings is 1. The first kappa shape index (κ1) is 21.3. The van der Waals surface area contributed by atoms with E-state index in [-0.39, 0.29) is 18.6 Å². The molecule has 2 aromatic carbocycles. The zero-order valence-corrected chi connectivity index (χ0v) is 17.6. The van der Waals surface area contributed by atoms with Crippen LogP contribution in [-0.4, -0.2) is 33.2 Å². The number of halogens is 3. The van der Waals surface area contributed by atoms with Crippen molar-refractivity contribution in [2.24, 2.45) is 0 Å². The minimum absolute atomic E-state index is 0.146. The Labute approximate surface area is 180 Å². The topological polar surface area (TPSA) is 67.2 Å². The van der Waals surface area contributed by atoms with Crippen molar-refractivity contribution in [3.8, 4) is 5.69 Å². The third kappa shape index (κ3) is 3.90. The van der Waals surface area contributed by atoms with Gasteiger partial charge < -0.3 is 10.4 Å². The van der Waals surface area contributed by atoms with Crippen molar-refractivity contribution in [1.82, 2.24) is 14.9 Å². The van der Waals surface area contributed by atoms with Crippen LogP contribution in [0.15, 0.2) is 42.5 Å². The van der Waals surface area contributed by atoms with E-state index in [0.29, 0.717) is 23.3 Å². The van der Waals surface area contributed by atoms with Crippen molar-refractivity contribution in [2.75, 3.05) is 6.61 Å². The number of carbonyl (C=O) groups excluding carboxylic acids is 1. The molecule has 0 aliphatic heterocycles. The molecule has 1 atom stereocenters. The Hall–Kier alpha value is -2.91. The van der Waals surface area contributed by atoms with Crippen LogP contribution in [0.4, 0.5) is 13.2 Å². The summed E-state index contributed by atoms with van der Waals surface area (Å²) in [6.45, 7) is 3.59. The number of hydrogen-bond acceptors (Lipinski definition) is 4. The zero-order valence-electron chi connectivity index (χ0n) is 16.8. The van der Waals surface area contributed by atoms with Crippen LogP contribution in [0.1, 0.15) is 34.3 Å². The lowest BCUT2D eigenvalue weighted by Gasteiger charge is -2.14. The number of alkyl halides is 3. The maximum atomic E-state index is 13.0. The fourth-order valence-electron chi connectivity index (χ4n) is 3.52. The lowest BCUT2D eigenvalue weighted by atomic mass is 10.1. The van der Waals surface area contributed by atoms with Gasteiger partial charge in [-0.25, -0.2) is 4.98 Å². The molecule has 162 valence electrons. The molecule has 31 heavy (non-hydrogen) atoms. The maximum absolute atomic E-state index is 13.0. The van der Waals surface area contributed by atoms with Crippen LogP contribution in [0.25, 0.3) is 26.9 Å². The number of nitrogens with one attached hydrogen (secondary N) is 1. The van der Waals surface area contributed by atoms with Crippen LogP contribution in [0.5, 0.6) is 0 Å². The molecule has 0 saturated heterocycles. The first-order chi connectivity index (χ1) is 14.7. The van der Waals surface area contributed by atoms with E-state index in [1.54, 1.807) is 22.8 Å². The SMILES string of the molecule is CC[C@@H](CO)NC(=O)c1ccc2c(c1)c1sc(C)nc1n2-c1ccc(C(F)(F)F)cc1. The molecule has 4 rings (SSSR count). The molecule has 9 heteroatoms. The average Bonchev–Trinajstić information content (AvgIpc) is 3.25. The number of nitrogens with zero attached hydrogens (tertiary/aromatic N) is 2. The monoisotopic (exact) mass is 447 g/mol. The van der Waals surface area contributed by atoms with Crippen molar-refractivity contribution >= 4 is 38.5 Å². The van der Waals surface area contributed by atoms with Crippen LogP contribution in [0, 0.1) is 6.92 Å². The second-order valence-corrected chi connectivity index (χ2v) is 8.46. The molecule has 0 saturated carbocycles. The first-order valence-corrected chi connectivity index (χ1v) is 10.6. The Bertz CT molecular complexity index is 1260. The highest BCUT2D eigenvalue weighted by Gasteiger charge is 2.30. The Balaban J connectivity index is 1.84. The van der Waals surface area contributed by atoms with Crippen LogP contribution >= 0.6 is 11.3 Å². The molecule has 1 amide bonds. The summed E-state index contributed by atoms with van der Waals surface area (Å²) < 4.78 is 41.5. The van der Waals surface area contributed by atoms with Gasteiger partial charge in [0.15, 0.2) is 5.65 Å². The van der Waals surface area contributed by atoms with Crippen LogP contribution in [0.2, 0.25) is 0 Å². The number of aliphatic hydroxyl groups excluding tert-OH is 1. The van der Waals surface area contributed by atoms with Crippen LogP contribution < -0.4 is 5.32 Å². The average molecular weight is 447 g/mol. The van der Waals surface area contributed by atoms with Crippen molar-refractivity contribution in [3.63, 3.8) is 0 Å². The van der Waals surface area contributed by atoms with Gasteiger partial charge in [-0.05, 0) is 55.8 Å². The van der Waals surface area contributed by atoms with E-state index in [0.717, 1.165) is 32.7 Å². The Morgan fingerprint density at radius 1 is 1.23 bits per heavy atom. The number of amides is 1. The summed E-state index contributed by atoms with van der Waals surface area (Å²) >= 11 is 1.46. The summed E-state index contributed by atoms with van der Waals surface area (Å²) in [4.78, 5) is 17.2. The molecule has 2 aromatic heterocycles. The van der Waals surface area contributed by atoms with Gasteiger partial charge in [-0.1, -0.05) is 6.92 Å². The Kier molecular flexibility index (Phi) is 5.49. The number of hydrogen-bond donors (Lipinski definition) is 2. The quantitative estimate of drug-likeness (QED) is 0.449. The summed E-state index contributed by atoms with van der Waals surface area (Å²) in [5, 5.41) is 13.7. The first-order valence-electron chi connectivity index (χ1n) is 9.74. The Morgan fingerprint density at radius 3 is 2.55 bits per heavy atom. The number of rotatable bonds is 5. The second-order valence-electron chi connectivity index (χ2n) is 7.26. The molecule has 0 spiro atoms. The largest absolute Gasteiger partial charge is 0.416 e. The van der Waals surface area contributed by atoms with E-state index in [2.05, 4.69) is 10.3 Å². The summed E-state index contributed by atoms with van der Waals surface area (Å²) in [6.07, 6.45) is -3.80. The summed E-state index contributed by atoms with van der Waals surface area (Å²) in [7, 11) is 0. The van der Waals surface area contributed by atoms with Gasteiger partial charge in [0.2, 0.25) is 0 Å². The van der Waals surface area contributed by atoms with E-state index in [9.17, 15) is 23.1 Å². The standard InChI is InChI=1S/C22H20F3N3O2S/c1-3-15(11-29)27-21(30)13-4-9-18-17(10-13)19-20(26-12(2)31-19)28(18)16-7-5-14(6-8-16)22(23,24)25/h4-10,15,29H,3,11H2,1-2H3,(H,27,30)/t15-/m0/s1. The van der Waals surface area contributed by atoms with Gasteiger partial charge in [0, 0.05) is 16.6 Å². The molecule has 0 bridgehead atoms. The van der Waals surface area contributed by atoms with Crippen molar-refractivity contribution < 1.29 is 23.1 Å². The molecule has 4 aromatic rings. The number of aromatic nitrogens is 2. The third-order valence-corrected chi connectivity index (χ3v) is 6.17. The fourth-order valence-corrected chi connectivity index (χ4v) is 4.45.